The molecule has 0 radical (unpaired) electrons. The molecule has 2 aliphatic rings. The molecule has 160 valence electrons. The third-order valence-electron chi connectivity index (χ3n) is 4.82. The van der Waals surface area contributed by atoms with Crippen molar-refractivity contribution in [1.29, 1.82) is 0 Å². The minimum atomic E-state index is -0.603. The van der Waals surface area contributed by atoms with Crippen LogP contribution in [0.3, 0.4) is 0 Å². The van der Waals surface area contributed by atoms with E-state index in [0.29, 0.717) is 28.1 Å². The molecule has 2 fully saturated rings. The molecule has 2 amide bonds. The second-order valence-corrected chi connectivity index (χ2v) is 9.30. The minimum absolute atomic E-state index is 0.0601. The van der Waals surface area contributed by atoms with Gasteiger partial charge in [0, 0.05) is 12.0 Å². The average Bonchev–Trinajstić information content (AvgIpc) is 3.46. The Morgan fingerprint density at radius 3 is 2.81 bits per heavy atom. The van der Waals surface area contributed by atoms with Crippen LogP contribution in [-0.2, 0) is 11.3 Å². The number of amides is 2. The van der Waals surface area contributed by atoms with E-state index in [2.05, 4.69) is 15.5 Å². The van der Waals surface area contributed by atoms with Crippen LogP contribution in [0.4, 0.5) is 4.79 Å². The van der Waals surface area contributed by atoms with Crippen LogP contribution in [0.5, 0.6) is 0 Å². The molecule has 0 saturated carbocycles. The standard InChI is InChI=1S/C21H20N4O4S2/c1-12-5-6-13(2)15(8-12)16(26)9-17-19(27)25(10-14-4-3-7-29-14)20(31-17)24-23-18-11-30-21(28)22-18/h3-8,17H,9-11H2,1-2H3,(H,22,23,28)/b24-20+. The molecular formula is C21H20N4O4S2. The molecule has 1 aromatic heterocycles. The molecule has 8 nitrogen and oxygen atoms in total. The lowest BCUT2D eigenvalue weighted by atomic mass is 9.99. The number of Topliss-reactive ketones (excluding diaryl/α,β-unsaturated/α-hetero) is 1. The number of amidine groups is 2. The highest BCUT2D eigenvalue weighted by Gasteiger charge is 2.40. The molecule has 1 N–H and O–H groups in total. The van der Waals surface area contributed by atoms with Crippen LogP contribution in [0, 0.1) is 13.8 Å². The van der Waals surface area contributed by atoms with Crippen molar-refractivity contribution in [2.75, 3.05) is 5.75 Å². The fourth-order valence-corrected chi connectivity index (χ4v) is 4.89. The maximum Gasteiger partial charge on any atom is 0.284 e. The van der Waals surface area contributed by atoms with E-state index >= 15 is 0 Å². The molecular weight excluding hydrogens is 436 g/mol. The highest BCUT2D eigenvalue weighted by molar-refractivity contribution is 8.15. The van der Waals surface area contributed by atoms with E-state index in [0.717, 1.165) is 22.9 Å². The fourth-order valence-electron chi connectivity index (χ4n) is 3.22. The molecule has 2 aromatic rings. The third-order valence-corrected chi connectivity index (χ3v) is 6.77. The summed E-state index contributed by atoms with van der Waals surface area (Å²) in [5.74, 6) is 1.13. The van der Waals surface area contributed by atoms with E-state index in [1.54, 1.807) is 12.1 Å². The lowest BCUT2D eigenvalue weighted by molar-refractivity contribution is -0.126. The number of carbonyl (C=O) groups is 3. The van der Waals surface area contributed by atoms with Crippen molar-refractivity contribution in [2.24, 2.45) is 10.2 Å². The third kappa shape index (κ3) is 4.91. The van der Waals surface area contributed by atoms with Gasteiger partial charge < -0.3 is 9.73 Å². The number of hydrogen-bond donors (Lipinski definition) is 1. The Kier molecular flexibility index (Phi) is 6.28. The van der Waals surface area contributed by atoms with Gasteiger partial charge in [0.25, 0.3) is 5.24 Å². The van der Waals surface area contributed by atoms with Gasteiger partial charge in [0.1, 0.15) is 11.6 Å². The molecule has 1 atom stereocenters. The number of nitrogens with zero attached hydrogens (tertiary/aromatic N) is 3. The van der Waals surface area contributed by atoms with Gasteiger partial charge in [-0.2, -0.15) is 0 Å². The number of carbonyl (C=O) groups excluding carboxylic acids is 3. The monoisotopic (exact) mass is 456 g/mol. The summed E-state index contributed by atoms with van der Waals surface area (Å²) in [6, 6.07) is 9.23. The van der Waals surface area contributed by atoms with Gasteiger partial charge >= 0.3 is 0 Å². The topological polar surface area (TPSA) is 104 Å². The molecule has 10 heteroatoms. The van der Waals surface area contributed by atoms with Crippen LogP contribution in [0.2, 0.25) is 0 Å². The smallest absolute Gasteiger partial charge is 0.284 e. The van der Waals surface area contributed by atoms with Gasteiger partial charge in [-0.3, -0.25) is 19.3 Å². The molecule has 3 heterocycles. The van der Waals surface area contributed by atoms with Crippen molar-refractivity contribution in [3.8, 4) is 0 Å². The summed E-state index contributed by atoms with van der Waals surface area (Å²) >= 11 is 2.31. The maximum absolute atomic E-state index is 13.1. The molecule has 2 aliphatic heterocycles. The SMILES string of the molecule is Cc1ccc(C)c(C(=O)CC2S/C(=N/N=C3\CSC(=O)N3)N(Cc3ccco3)C2=O)c1. The Balaban J connectivity index is 1.56. The van der Waals surface area contributed by atoms with E-state index in [-0.39, 0.29) is 29.9 Å². The predicted octanol–water partition coefficient (Wildman–Crippen LogP) is 3.74. The number of benzene rings is 1. The van der Waals surface area contributed by atoms with Crippen LogP contribution < -0.4 is 5.32 Å². The Labute approximate surface area is 187 Å². The zero-order valence-corrected chi connectivity index (χ0v) is 18.6. The largest absolute Gasteiger partial charge is 0.467 e. The Bertz CT molecular complexity index is 1090. The van der Waals surface area contributed by atoms with Gasteiger partial charge in [0.2, 0.25) is 5.91 Å². The van der Waals surface area contributed by atoms with E-state index in [4.69, 9.17) is 4.42 Å². The highest BCUT2D eigenvalue weighted by atomic mass is 32.2. The number of hydrogen-bond acceptors (Lipinski definition) is 8. The summed E-state index contributed by atoms with van der Waals surface area (Å²) in [5, 5.41) is 10.5. The summed E-state index contributed by atoms with van der Waals surface area (Å²) < 4.78 is 5.38. The van der Waals surface area contributed by atoms with Gasteiger partial charge in [-0.25, -0.2) is 0 Å². The van der Waals surface area contributed by atoms with E-state index in [9.17, 15) is 14.4 Å². The molecule has 1 aromatic carbocycles. The van der Waals surface area contributed by atoms with E-state index in [1.807, 2.05) is 32.0 Å². The average molecular weight is 457 g/mol. The first-order valence-electron chi connectivity index (χ1n) is 9.60. The summed E-state index contributed by atoms with van der Waals surface area (Å²) in [4.78, 5) is 38.9. The highest BCUT2D eigenvalue weighted by Crippen LogP contribution is 2.32. The number of rotatable bonds is 6. The lowest BCUT2D eigenvalue weighted by Gasteiger charge is -2.14. The van der Waals surface area contributed by atoms with Crippen LogP contribution in [0.25, 0.3) is 0 Å². The lowest BCUT2D eigenvalue weighted by Crippen LogP contribution is -2.32. The van der Waals surface area contributed by atoms with Gasteiger partial charge in [-0.05, 0) is 37.6 Å². The van der Waals surface area contributed by atoms with Gasteiger partial charge in [-0.15, -0.1) is 10.2 Å². The molecule has 0 aliphatic carbocycles. The molecule has 1 unspecified atom stereocenters. The summed E-state index contributed by atoms with van der Waals surface area (Å²) in [7, 11) is 0. The zero-order valence-electron chi connectivity index (χ0n) is 17.0. The van der Waals surface area contributed by atoms with E-state index < -0.39 is 5.25 Å². The van der Waals surface area contributed by atoms with Crippen LogP contribution in [0.15, 0.2) is 51.2 Å². The van der Waals surface area contributed by atoms with Crippen molar-refractivity contribution in [3.05, 3.63) is 59.0 Å². The summed E-state index contributed by atoms with van der Waals surface area (Å²) in [6.45, 7) is 4.01. The minimum Gasteiger partial charge on any atom is -0.467 e. The first-order chi connectivity index (χ1) is 14.9. The van der Waals surface area contributed by atoms with Gasteiger partial charge in [-0.1, -0.05) is 41.2 Å². The second-order valence-electron chi connectivity index (χ2n) is 7.19. The number of furan rings is 1. The summed E-state index contributed by atoms with van der Waals surface area (Å²) in [5.41, 5.74) is 2.50. The van der Waals surface area contributed by atoms with Crippen molar-refractivity contribution in [1.82, 2.24) is 10.2 Å². The van der Waals surface area contributed by atoms with E-state index in [1.165, 1.54) is 22.9 Å². The fraction of sp³-hybridized carbons (Fsp3) is 0.286. The van der Waals surface area contributed by atoms with Crippen molar-refractivity contribution >= 4 is 51.5 Å². The number of nitrogens with one attached hydrogen (secondary N) is 1. The van der Waals surface area contributed by atoms with Gasteiger partial charge in [0.15, 0.2) is 11.0 Å². The Morgan fingerprint density at radius 2 is 2.10 bits per heavy atom. The quantitative estimate of drug-likeness (QED) is 0.525. The normalized spacial score (nSPS) is 21.4. The van der Waals surface area contributed by atoms with Crippen molar-refractivity contribution < 1.29 is 18.8 Å². The Morgan fingerprint density at radius 1 is 1.26 bits per heavy atom. The maximum atomic E-state index is 13.1. The molecule has 31 heavy (non-hydrogen) atoms. The molecule has 0 bridgehead atoms. The second kappa shape index (κ2) is 9.11. The molecule has 4 rings (SSSR count). The number of aryl methyl sites for hydroxylation is 2. The van der Waals surface area contributed by atoms with Crippen LogP contribution in [-0.4, -0.2) is 43.8 Å². The van der Waals surface area contributed by atoms with Crippen LogP contribution in [0.1, 0.15) is 33.7 Å². The van der Waals surface area contributed by atoms with Crippen molar-refractivity contribution in [3.63, 3.8) is 0 Å². The molecule has 0 spiro atoms. The Hall–Kier alpha value is -2.85. The van der Waals surface area contributed by atoms with Crippen molar-refractivity contribution in [2.45, 2.75) is 32.1 Å². The zero-order chi connectivity index (χ0) is 22.0. The first kappa shape index (κ1) is 21.4. The van der Waals surface area contributed by atoms with Crippen LogP contribution >= 0.6 is 23.5 Å². The number of thioether (sulfide) groups is 2. The first-order valence-corrected chi connectivity index (χ1v) is 11.5. The van der Waals surface area contributed by atoms with Gasteiger partial charge in [0.05, 0.1) is 23.8 Å². The summed E-state index contributed by atoms with van der Waals surface area (Å²) in [6.07, 6.45) is 1.59. The number of ketones is 1. The predicted molar refractivity (Wildman–Crippen MR) is 121 cm³/mol. The molecule has 2 saturated heterocycles.